The average molecular weight is 362 g/mol. The van der Waals surface area contributed by atoms with Crippen LogP contribution in [-0.2, 0) is 9.53 Å². The Bertz CT molecular complexity index is 392. The zero-order chi connectivity index (χ0) is 18.3. The normalized spacial score (nSPS) is 30.9. The van der Waals surface area contributed by atoms with Crippen LogP contribution in [-0.4, -0.2) is 18.2 Å². The van der Waals surface area contributed by atoms with Crippen LogP contribution in [0, 0.1) is 17.8 Å². The number of alkyl halides is 3. The second-order valence-electron chi connectivity index (χ2n) is 8.06. The Morgan fingerprint density at radius 2 is 1.52 bits per heavy atom. The number of halogens is 3. The summed E-state index contributed by atoms with van der Waals surface area (Å²) < 4.78 is 42.6. The summed E-state index contributed by atoms with van der Waals surface area (Å²) in [7, 11) is 0. The number of ether oxygens (including phenoxy) is 1. The molecule has 0 N–H and O–H groups in total. The van der Waals surface area contributed by atoms with Crippen LogP contribution in [0.3, 0.4) is 0 Å². The van der Waals surface area contributed by atoms with Gasteiger partial charge in [-0.05, 0) is 69.1 Å². The van der Waals surface area contributed by atoms with E-state index >= 15 is 0 Å². The minimum Gasteiger partial charge on any atom is -0.462 e. The van der Waals surface area contributed by atoms with Crippen molar-refractivity contribution in [3.8, 4) is 0 Å². The van der Waals surface area contributed by atoms with Crippen molar-refractivity contribution in [2.24, 2.45) is 17.8 Å². The molecule has 0 radical (unpaired) electrons. The summed E-state index contributed by atoms with van der Waals surface area (Å²) in [5.41, 5.74) is 0. The number of hydrogen-bond donors (Lipinski definition) is 0. The predicted octanol–water partition coefficient (Wildman–Crippen LogP) is 6.43. The van der Waals surface area contributed by atoms with E-state index in [0.29, 0.717) is 24.7 Å². The maximum Gasteiger partial charge on any atom is 0.389 e. The highest BCUT2D eigenvalue weighted by molar-refractivity contribution is 5.69. The van der Waals surface area contributed by atoms with Crippen LogP contribution in [0.5, 0.6) is 0 Å². The van der Waals surface area contributed by atoms with Crippen molar-refractivity contribution >= 4 is 5.97 Å². The van der Waals surface area contributed by atoms with E-state index in [-0.39, 0.29) is 18.0 Å². The molecule has 0 unspecified atom stereocenters. The van der Waals surface area contributed by atoms with Gasteiger partial charge in [0.15, 0.2) is 0 Å². The second kappa shape index (κ2) is 9.82. The molecular formula is C20H33F3O2. The van der Waals surface area contributed by atoms with E-state index in [9.17, 15) is 18.0 Å². The summed E-state index contributed by atoms with van der Waals surface area (Å²) in [6.07, 6.45) is 6.35. The van der Waals surface area contributed by atoms with Gasteiger partial charge in [-0.15, -0.1) is 0 Å². The first-order valence-corrected chi connectivity index (χ1v) is 10.1. The van der Waals surface area contributed by atoms with Gasteiger partial charge in [0, 0.05) is 12.8 Å². The molecule has 5 heteroatoms. The third-order valence-electron chi connectivity index (χ3n) is 6.15. The van der Waals surface area contributed by atoms with E-state index in [1.54, 1.807) is 0 Å². The molecule has 0 aromatic heterocycles. The molecule has 0 saturated heterocycles. The van der Waals surface area contributed by atoms with Crippen molar-refractivity contribution in [3.63, 3.8) is 0 Å². The van der Waals surface area contributed by atoms with Crippen molar-refractivity contribution in [2.45, 2.75) is 103 Å². The van der Waals surface area contributed by atoms with Crippen LogP contribution in [0.1, 0.15) is 90.4 Å². The number of rotatable bonds is 7. The van der Waals surface area contributed by atoms with E-state index in [2.05, 4.69) is 6.92 Å². The van der Waals surface area contributed by atoms with Crippen molar-refractivity contribution in [3.05, 3.63) is 0 Å². The van der Waals surface area contributed by atoms with Gasteiger partial charge in [-0.2, -0.15) is 13.2 Å². The lowest BCUT2D eigenvalue weighted by Gasteiger charge is -2.37. The molecule has 0 amide bonds. The van der Waals surface area contributed by atoms with Crippen molar-refractivity contribution in [1.29, 1.82) is 0 Å². The molecule has 2 saturated carbocycles. The number of carbonyl (C=O) groups excluding carboxylic acids is 1. The lowest BCUT2D eigenvalue weighted by Crippen LogP contribution is -2.30. The van der Waals surface area contributed by atoms with Gasteiger partial charge in [0.1, 0.15) is 6.10 Å². The zero-order valence-electron chi connectivity index (χ0n) is 15.5. The van der Waals surface area contributed by atoms with Gasteiger partial charge in [-0.25, -0.2) is 0 Å². The molecule has 0 aliphatic heterocycles. The highest BCUT2D eigenvalue weighted by Gasteiger charge is 2.33. The SMILES string of the molecule is CCCCC(=O)OC1CCC(C2CCC(CCC(F)(F)F)CC2)CC1. The fraction of sp³-hybridized carbons (Fsp3) is 0.950. The molecule has 2 nitrogen and oxygen atoms in total. The summed E-state index contributed by atoms with van der Waals surface area (Å²) in [6.45, 7) is 2.07. The smallest absolute Gasteiger partial charge is 0.389 e. The largest absolute Gasteiger partial charge is 0.462 e. The summed E-state index contributed by atoms with van der Waals surface area (Å²) >= 11 is 0. The minimum absolute atomic E-state index is 0.0597. The molecule has 0 bridgehead atoms. The van der Waals surface area contributed by atoms with Crippen LogP contribution >= 0.6 is 0 Å². The molecule has 2 rings (SSSR count). The summed E-state index contributed by atoms with van der Waals surface area (Å²) in [4.78, 5) is 11.7. The molecule has 2 aliphatic rings. The van der Waals surface area contributed by atoms with Gasteiger partial charge >= 0.3 is 12.1 Å². The number of esters is 1. The Kier molecular flexibility index (Phi) is 8.08. The number of hydrogen-bond acceptors (Lipinski definition) is 2. The summed E-state index contributed by atoms with van der Waals surface area (Å²) in [5, 5.41) is 0. The van der Waals surface area contributed by atoms with E-state index in [1.807, 2.05) is 0 Å². The Morgan fingerprint density at radius 1 is 0.960 bits per heavy atom. The van der Waals surface area contributed by atoms with Crippen molar-refractivity contribution in [1.82, 2.24) is 0 Å². The van der Waals surface area contributed by atoms with Crippen LogP contribution in [0.4, 0.5) is 13.2 Å². The second-order valence-corrected chi connectivity index (χ2v) is 8.06. The third kappa shape index (κ3) is 7.57. The highest BCUT2D eigenvalue weighted by Crippen LogP contribution is 2.42. The average Bonchev–Trinajstić information content (AvgIpc) is 2.59. The first-order valence-electron chi connectivity index (χ1n) is 10.1. The molecule has 25 heavy (non-hydrogen) atoms. The first kappa shape index (κ1) is 20.6. The molecule has 0 aromatic rings. The minimum atomic E-state index is -4.01. The molecule has 146 valence electrons. The maximum absolute atomic E-state index is 12.3. The van der Waals surface area contributed by atoms with E-state index in [0.717, 1.165) is 64.2 Å². The molecule has 0 heterocycles. The lowest BCUT2D eigenvalue weighted by atomic mass is 9.70. The Balaban J connectivity index is 1.63. The number of carbonyl (C=O) groups is 1. The third-order valence-corrected chi connectivity index (χ3v) is 6.15. The fourth-order valence-corrected chi connectivity index (χ4v) is 4.56. The van der Waals surface area contributed by atoms with E-state index in [1.165, 1.54) is 0 Å². The van der Waals surface area contributed by atoms with Crippen molar-refractivity contribution < 1.29 is 22.7 Å². The van der Waals surface area contributed by atoms with E-state index in [4.69, 9.17) is 4.74 Å². The quantitative estimate of drug-likeness (QED) is 0.488. The summed E-state index contributed by atoms with van der Waals surface area (Å²) in [5.74, 6) is 1.54. The monoisotopic (exact) mass is 362 g/mol. The Morgan fingerprint density at radius 3 is 2.04 bits per heavy atom. The topological polar surface area (TPSA) is 26.3 Å². The number of unbranched alkanes of at least 4 members (excludes halogenated alkanes) is 1. The first-order chi connectivity index (χ1) is 11.9. The molecule has 0 atom stereocenters. The highest BCUT2D eigenvalue weighted by atomic mass is 19.4. The maximum atomic E-state index is 12.3. The van der Waals surface area contributed by atoms with Crippen LogP contribution in [0.2, 0.25) is 0 Å². The molecule has 0 spiro atoms. The van der Waals surface area contributed by atoms with Crippen LogP contribution < -0.4 is 0 Å². The Labute approximate surface area is 149 Å². The van der Waals surface area contributed by atoms with Gasteiger partial charge in [0.25, 0.3) is 0 Å². The van der Waals surface area contributed by atoms with E-state index < -0.39 is 12.6 Å². The molecule has 2 aliphatic carbocycles. The standard InChI is InChI=1S/C20H33F3O2/c1-2-3-4-19(24)25-18-11-9-17(10-12-18)16-7-5-15(6-8-16)13-14-20(21,22)23/h15-18H,2-14H2,1H3. The van der Waals surface area contributed by atoms with Crippen LogP contribution in [0.25, 0.3) is 0 Å². The lowest BCUT2D eigenvalue weighted by molar-refractivity contribution is -0.151. The van der Waals surface area contributed by atoms with Crippen molar-refractivity contribution in [2.75, 3.05) is 0 Å². The molecular weight excluding hydrogens is 329 g/mol. The zero-order valence-corrected chi connectivity index (χ0v) is 15.5. The predicted molar refractivity (Wildman–Crippen MR) is 92.1 cm³/mol. The van der Waals surface area contributed by atoms with Gasteiger partial charge in [-0.3, -0.25) is 4.79 Å². The van der Waals surface area contributed by atoms with Gasteiger partial charge in [0.2, 0.25) is 0 Å². The fourth-order valence-electron chi connectivity index (χ4n) is 4.56. The van der Waals surface area contributed by atoms with Gasteiger partial charge in [-0.1, -0.05) is 26.2 Å². The molecule has 0 aromatic carbocycles. The van der Waals surface area contributed by atoms with Gasteiger partial charge < -0.3 is 4.74 Å². The Hall–Kier alpha value is -0.740. The van der Waals surface area contributed by atoms with Gasteiger partial charge in [0.05, 0.1) is 0 Å². The molecule has 2 fully saturated rings. The summed E-state index contributed by atoms with van der Waals surface area (Å²) in [6, 6.07) is 0. The van der Waals surface area contributed by atoms with Crippen LogP contribution in [0.15, 0.2) is 0 Å².